The van der Waals surface area contributed by atoms with Crippen molar-refractivity contribution >= 4 is 28.6 Å². The molecular weight excluding hydrogens is 383 g/mol. The minimum atomic E-state index is -1.15. The molecule has 1 atom stereocenters. The number of imidazole rings is 1. The van der Waals surface area contributed by atoms with Gasteiger partial charge in [0.15, 0.2) is 0 Å². The van der Waals surface area contributed by atoms with Gasteiger partial charge >= 0.3 is 6.09 Å². The van der Waals surface area contributed by atoms with Crippen molar-refractivity contribution in [3.8, 4) is 11.3 Å². The fourth-order valence-electron chi connectivity index (χ4n) is 3.20. The molecule has 4 aromatic rings. The fourth-order valence-corrected chi connectivity index (χ4v) is 3.37. The molecule has 2 aromatic heterocycles. The third-order valence-electron chi connectivity index (χ3n) is 4.53. The molecule has 0 unspecified atom stereocenters. The summed E-state index contributed by atoms with van der Waals surface area (Å²) in [6.07, 6.45) is 2.69. The summed E-state index contributed by atoms with van der Waals surface area (Å²) < 4.78 is 13.1. The molecule has 0 spiro atoms. The number of rotatable bonds is 5. The van der Waals surface area contributed by atoms with Gasteiger partial charge < -0.3 is 20.4 Å². The van der Waals surface area contributed by atoms with Gasteiger partial charge in [-0.15, -0.1) is 0 Å². The van der Waals surface area contributed by atoms with E-state index < -0.39 is 12.1 Å². The van der Waals surface area contributed by atoms with Crippen LogP contribution in [0, 0.1) is 5.82 Å². The number of nitrogens with one attached hydrogen (secondary N) is 3. The molecule has 1 amide bonds. The van der Waals surface area contributed by atoms with E-state index in [1.807, 2.05) is 18.3 Å². The summed E-state index contributed by atoms with van der Waals surface area (Å²) in [6.45, 7) is 0. The summed E-state index contributed by atoms with van der Waals surface area (Å²) in [7, 11) is 0. The summed E-state index contributed by atoms with van der Waals surface area (Å²) in [5.41, 5.74) is 3.25. The monoisotopic (exact) mass is 398 g/mol. The number of fused-ring (bicyclic) bond motifs is 1. The first-order chi connectivity index (χ1) is 13.5. The van der Waals surface area contributed by atoms with Crippen molar-refractivity contribution in [3.05, 3.63) is 77.1 Å². The number of amides is 1. The quantitative estimate of drug-likeness (QED) is 0.385. The summed E-state index contributed by atoms with van der Waals surface area (Å²) in [4.78, 5) is 21.9. The smallest absolute Gasteiger partial charge is 0.405 e. The summed E-state index contributed by atoms with van der Waals surface area (Å²) in [6, 6.07) is 10.9. The van der Waals surface area contributed by atoms with Crippen LogP contribution in [-0.4, -0.2) is 26.2 Å². The first-order valence-electron chi connectivity index (χ1n) is 8.55. The van der Waals surface area contributed by atoms with Crippen LogP contribution in [-0.2, 0) is 6.42 Å². The fraction of sp³-hybridized carbons (Fsp3) is 0.100. The minimum Gasteiger partial charge on any atom is -0.465 e. The van der Waals surface area contributed by atoms with Crippen LogP contribution in [0.5, 0.6) is 0 Å². The van der Waals surface area contributed by atoms with Crippen molar-refractivity contribution < 1.29 is 14.3 Å². The summed E-state index contributed by atoms with van der Waals surface area (Å²) >= 11 is 6.02. The van der Waals surface area contributed by atoms with Crippen molar-refractivity contribution in [3.63, 3.8) is 0 Å². The zero-order valence-corrected chi connectivity index (χ0v) is 15.3. The Hall–Kier alpha value is -3.32. The van der Waals surface area contributed by atoms with Gasteiger partial charge in [0.1, 0.15) is 11.6 Å². The molecule has 6 nitrogen and oxygen atoms in total. The standard InChI is InChI=1S/C20H16ClFN4O2/c21-13-3-6-15-12(9-23-16(15)8-13)7-17(26-20(27)28)19-24-10-18(25-19)11-1-4-14(22)5-2-11/h1-6,8-10,17,23,26H,7H2,(H,24,25)(H,27,28)/t17-/m0/s1. The van der Waals surface area contributed by atoms with Crippen molar-refractivity contribution in [2.75, 3.05) is 0 Å². The number of benzene rings is 2. The molecule has 2 heterocycles. The molecular formula is C20H16ClFN4O2. The Labute approximate surface area is 164 Å². The maximum Gasteiger partial charge on any atom is 0.405 e. The molecule has 2 aromatic carbocycles. The number of H-pyrrole nitrogens is 2. The van der Waals surface area contributed by atoms with Gasteiger partial charge in [-0.1, -0.05) is 17.7 Å². The summed E-state index contributed by atoms with van der Waals surface area (Å²) in [5.74, 6) is 0.151. The highest BCUT2D eigenvalue weighted by Gasteiger charge is 2.20. The van der Waals surface area contributed by atoms with Gasteiger partial charge in [0.2, 0.25) is 0 Å². The van der Waals surface area contributed by atoms with E-state index in [1.165, 1.54) is 12.1 Å². The Morgan fingerprint density at radius 3 is 2.79 bits per heavy atom. The molecule has 0 radical (unpaired) electrons. The van der Waals surface area contributed by atoms with E-state index in [4.69, 9.17) is 11.6 Å². The Morgan fingerprint density at radius 2 is 2.04 bits per heavy atom. The highest BCUT2D eigenvalue weighted by Crippen LogP contribution is 2.27. The third-order valence-corrected chi connectivity index (χ3v) is 4.77. The van der Waals surface area contributed by atoms with E-state index >= 15 is 0 Å². The van der Waals surface area contributed by atoms with E-state index in [1.54, 1.807) is 24.4 Å². The van der Waals surface area contributed by atoms with E-state index in [2.05, 4.69) is 20.3 Å². The largest absolute Gasteiger partial charge is 0.465 e. The lowest BCUT2D eigenvalue weighted by molar-refractivity contribution is 0.189. The molecule has 4 rings (SSSR count). The van der Waals surface area contributed by atoms with Gasteiger partial charge in [-0.05, 0) is 47.5 Å². The molecule has 0 fully saturated rings. The van der Waals surface area contributed by atoms with Crippen molar-refractivity contribution in [2.45, 2.75) is 12.5 Å². The topological polar surface area (TPSA) is 93.8 Å². The van der Waals surface area contributed by atoms with E-state index in [-0.39, 0.29) is 5.82 Å². The Kier molecular flexibility index (Phi) is 4.75. The molecule has 0 saturated carbocycles. The van der Waals surface area contributed by atoms with Crippen LogP contribution in [0.3, 0.4) is 0 Å². The normalized spacial score (nSPS) is 12.2. The second-order valence-electron chi connectivity index (χ2n) is 6.40. The maximum atomic E-state index is 13.1. The van der Waals surface area contributed by atoms with Crippen LogP contribution in [0.15, 0.2) is 54.9 Å². The Bertz CT molecular complexity index is 1140. The van der Waals surface area contributed by atoms with Crippen LogP contribution in [0.4, 0.5) is 9.18 Å². The molecule has 4 N–H and O–H groups in total. The van der Waals surface area contributed by atoms with Crippen molar-refractivity contribution in [1.82, 2.24) is 20.3 Å². The highest BCUT2D eigenvalue weighted by atomic mass is 35.5. The lowest BCUT2D eigenvalue weighted by atomic mass is 10.0. The Balaban J connectivity index is 1.64. The average Bonchev–Trinajstić information content (AvgIpc) is 3.29. The van der Waals surface area contributed by atoms with Crippen molar-refractivity contribution in [2.24, 2.45) is 0 Å². The molecule has 0 aliphatic rings. The van der Waals surface area contributed by atoms with Gasteiger partial charge in [0.05, 0.1) is 17.9 Å². The number of nitrogens with zero attached hydrogens (tertiary/aromatic N) is 1. The number of hydrogen-bond donors (Lipinski definition) is 4. The average molecular weight is 399 g/mol. The van der Waals surface area contributed by atoms with Gasteiger partial charge in [-0.25, -0.2) is 14.2 Å². The number of hydrogen-bond acceptors (Lipinski definition) is 2. The number of carbonyl (C=O) groups is 1. The van der Waals surface area contributed by atoms with Gasteiger partial charge in [-0.3, -0.25) is 0 Å². The molecule has 0 aliphatic heterocycles. The number of carboxylic acid groups (broad SMARTS) is 1. The second kappa shape index (κ2) is 7.36. The van der Waals surface area contributed by atoms with Crippen LogP contribution in [0.2, 0.25) is 5.02 Å². The van der Waals surface area contributed by atoms with E-state index in [9.17, 15) is 14.3 Å². The lowest BCUT2D eigenvalue weighted by Crippen LogP contribution is -2.29. The van der Waals surface area contributed by atoms with Crippen LogP contribution in [0.25, 0.3) is 22.2 Å². The van der Waals surface area contributed by atoms with Crippen LogP contribution >= 0.6 is 11.6 Å². The molecule has 0 bridgehead atoms. The summed E-state index contributed by atoms with van der Waals surface area (Å²) in [5, 5.41) is 13.4. The predicted octanol–water partition coefficient (Wildman–Crippen LogP) is 4.90. The SMILES string of the molecule is O=C(O)N[C@@H](Cc1c[nH]c2cc(Cl)ccc12)c1ncc(-c2ccc(F)cc2)[nH]1. The number of halogens is 2. The van der Waals surface area contributed by atoms with E-state index in [0.717, 1.165) is 22.0 Å². The number of aromatic amines is 2. The van der Waals surface area contributed by atoms with Gasteiger partial charge in [0.25, 0.3) is 0 Å². The van der Waals surface area contributed by atoms with Gasteiger partial charge in [0, 0.05) is 28.5 Å². The zero-order valence-electron chi connectivity index (χ0n) is 14.5. The molecule has 8 heteroatoms. The van der Waals surface area contributed by atoms with E-state index in [0.29, 0.717) is 23.0 Å². The predicted molar refractivity (Wildman–Crippen MR) is 105 cm³/mol. The Morgan fingerprint density at radius 1 is 1.25 bits per heavy atom. The minimum absolute atomic E-state index is 0.326. The number of aromatic nitrogens is 3. The highest BCUT2D eigenvalue weighted by molar-refractivity contribution is 6.31. The third kappa shape index (κ3) is 3.70. The molecule has 0 aliphatic carbocycles. The first-order valence-corrected chi connectivity index (χ1v) is 8.93. The van der Waals surface area contributed by atoms with Crippen LogP contribution < -0.4 is 5.32 Å². The maximum absolute atomic E-state index is 13.1. The molecule has 142 valence electrons. The van der Waals surface area contributed by atoms with Crippen molar-refractivity contribution in [1.29, 1.82) is 0 Å². The first kappa shape index (κ1) is 18.1. The molecule has 28 heavy (non-hydrogen) atoms. The van der Waals surface area contributed by atoms with Gasteiger partial charge in [-0.2, -0.15) is 0 Å². The van der Waals surface area contributed by atoms with Crippen LogP contribution in [0.1, 0.15) is 17.4 Å². The molecule has 0 saturated heterocycles. The zero-order chi connectivity index (χ0) is 19.7. The lowest BCUT2D eigenvalue weighted by Gasteiger charge is -2.14. The second-order valence-corrected chi connectivity index (χ2v) is 6.84.